The van der Waals surface area contributed by atoms with E-state index >= 15 is 0 Å². The van der Waals surface area contributed by atoms with Gasteiger partial charge in [-0.15, -0.1) is 0 Å². The van der Waals surface area contributed by atoms with Crippen molar-refractivity contribution < 1.29 is 19.2 Å². The van der Waals surface area contributed by atoms with Crippen LogP contribution >= 0.6 is 0 Å². The van der Waals surface area contributed by atoms with Crippen molar-refractivity contribution in [2.45, 2.75) is 38.1 Å². The second-order valence-electron chi connectivity index (χ2n) is 6.93. The van der Waals surface area contributed by atoms with E-state index in [-0.39, 0.29) is 18.4 Å². The summed E-state index contributed by atoms with van der Waals surface area (Å²) < 4.78 is 0. The molecule has 1 aliphatic carbocycles. The third kappa shape index (κ3) is 3.14. The minimum absolute atomic E-state index is 0.0436. The summed E-state index contributed by atoms with van der Waals surface area (Å²) in [5.41, 5.74) is 5.07. The lowest BCUT2D eigenvalue weighted by molar-refractivity contribution is -0.136. The van der Waals surface area contributed by atoms with Gasteiger partial charge in [-0.25, -0.2) is 4.79 Å². The second-order valence-corrected chi connectivity index (χ2v) is 6.93. The molecule has 0 unspecified atom stereocenters. The van der Waals surface area contributed by atoms with Crippen LogP contribution in [-0.4, -0.2) is 40.7 Å². The number of benzene rings is 1. The van der Waals surface area contributed by atoms with Gasteiger partial charge in [0.25, 0.3) is 5.91 Å². The van der Waals surface area contributed by atoms with E-state index in [0.29, 0.717) is 17.7 Å². The number of amides is 5. The van der Waals surface area contributed by atoms with E-state index in [1.165, 1.54) is 24.3 Å². The Morgan fingerprint density at radius 2 is 1.96 bits per heavy atom. The molecule has 2 aliphatic rings. The molecule has 1 aromatic rings. The van der Waals surface area contributed by atoms with Crippen LogP contribution in [0.1, 0.15) is 43.0 Å². The van der Waals surface area contributed by atoms with Crippen molar-refractivity contribution in [1.29, 1.82) is 0 Å². The average Bonchev–Trinajstić information content (AvgIpc) is 2.83. The smallest absolute Gasteiger partial charge is 0.325 e. The van der Waals surface area contributed by atoms with Crippen LogP contribution in [0.3, 0.4) is 0 Å². The maximum atomic E-state index is 12.8. The fraction of sp³-hybridized carbons (Fsp3) is 0.444. The number of carbonyl (C=O) groups is 4. The molecule has 1 spiro atoms. The zero-order chi connectivity index (χ0) is 18.9. The number of anilines is 1. The molecular formula is C18H22N4O4. The summed E-state index contributed by atoms with van der Waals surface area (Å²) in [5, 5.41) is 5.43. The van der Waals surface area contributed by atoms with Gasteiger partial charge >= 0.3 is 6.03 Å². The molecule has 8 heteroatoms. The van der Waals surface area contributed by atoms with E-state index in [2.05, 4.69) is 10.6 Å². The van der Waals surface area contributed by atoms with Crippen molar-refractivity contribution in [3.05, 3.63) is 29.8 Å². The number of imide groups is 1. The van der Waals surface area contributed by atoms with Gasteiger partial charge in [-0.05, 0) is 43.0 Å². The first-order valence-electron chi connectivity index (χ1n) is 8.67. The van der Waals surface area contributed by atoms with Crippen LogP contribution in [0.25, 0.3) is 0 Å². The molecule has 138 valence electrons. The highest BCUT2D eigenvalue weighted by atomic mass is 16.2. The van der Waals surface area contributed by atoms with Crippen molar-refractivity contribution in [1.82, 2.24) is 10.2 Å². The van der Waals surface area contributed by atoms with Crippen molar-refractivity contribution >= 4 is 29.4 Å². The molecule has 26 heavy (non-hydrogen) atoms. The van der Waals surface area contributed by atoms with Gasteiger partial charge < -0.3 is 16.4 Å². The molecule has 1 saturated heterocycles. The van der Waals surface area contributed by atoms with E-state index in [1.54, 1.807) is 0 Å². The Bertz CT molecular complexity index is 761. The molecule has 1 saturated carbocycles. The highest BCUT2D eigenvalue weighted by Gasteiger charge is 2.55. The minimum atomic E-state index is -0.876. The Morgan fingerprint density at radius 3 is 2.58 bits per heavy atom. The van der Waals surface area contributed by atoms with E-state index < -0.39 is 23.4 Å². The number of primary amides is 1. The summed E-state index contributed by atoms with van der Waals surface area (Å²) in [7, 11) is 0. The first-order valence-corrected chi connectivity index (χ1v) is 8.67. The van der Waals surface area contributed by atoms with Crippen LogP contribution in [0.4, 0.5) is 10.5 Å². The molecule has 3 rings (SSSR count). The SMILES string of the molecule is C[C@@H]1CCCC[C@]12NC(=O)N(CC(=O)Nc1ccc(C(N)=O)cc1)C2=O. The average molecular weight is 358 g/mol. The number of urea groups is 1. The van der Waals surface area contributed by atoms with Gasteiger partial charge in [-0.2, -0.15) is 0 Å². The molecule has 5 amide bonds. The van der Waals surface area contributed by atoms with Crippen LogP contribution < -0.4 is 16.4 Å². The molecule has 2 fully saturated rings. The van der Waals surface area contributed by atoms with Crippen molar-refractivity contribution in [3.8, 4) is 0 Å². The molecule has 4 N–H and O–H groups in total. The molecule has 1 aromatic carbocycles. The lowest BCUT2D eigenvalue weighted by Gasteiger charge is -2.36. The Kier molecular flexibility index (Phi) is 4.67. The molecular weight excluding hydrogens is 336 g/mol. The normalized spacial score (nSPS) is 25.3. The van der Waals surface area contributed by atoms with Crippen LogP contribution in [0.15, 0.2) is 24.3 Å². The van der Waals surface area contributed by atoms with Crippen molar-refractivity contribution in [2.75, 3.05) is 11.9 Å². The number of nitrogens with one attached hydrogen (secondary N) is 2. The predicted molar refractivity (Wildman–Crippen MR) is 94.2 cm³/mol. The lowest BCUT2D eigenvalue weighted by atomic mass is 9.73. The van der Waals surface area contributed by atoms with Crippen LogP contribution in [0.5, 0.6) is 0 Å². The predicted octanol–water partition coefficient (Wildman–Crippen LogP) is 1.22. The van der Waals surface area contributed by atoms with Crippen molar-refractivity contribution in [3.63, 3.8) is 0 Å². The van der Waals surface area contributed by atoms with E-state index in [9.17, 15) is 19.2 Å². The van der Waals surface area contributed by atoms with E-state index in [0.717, 1.165) is 24.2 Å². The topological polar surface area (TPSA) is 122 Å². The van der Waals surface area contributed by atoms with Gasteiger partial charge in [0.05, 0.1) is 0 Å². The first-order chi connectivity index (χ1) is 12.3. The first kappa shape index (κ1) is 17.9. The maximum absolute atomic E-state index is 12.8. The Balaban J connectivity index is 1.66. The third-order valence-electron chi connectivity index (χ3n) is 5.26. The van der Waals surface area contributed by atoms with Gasteiger partial charge in [-0.1, -0.05) is 19.8 Å². The Hall–Kier alpha value is -2.90. The summed E-state index contributed by atoms with van der Waals surface area (Å²) in [6.07, 6.45) is 3.39. The largest absolute Gasteiger partial charge is 0.366 e. The standard InChI is InChI=1S/C18H22N4O4/c1-11-4-2-3-9-18(11)16(25)22(17(26)21-18)10-14(23)20-13-7-5-12(6-8-13)15(19)24/h5-8,11H,2-4,9-10H2,1H3,(H2,19,24)(H,20,23)(H,21,26)/t11-,18+/m1/s1. The zero-order valence-electron chi connectivity index (χ0n) is 14.6. The number of nitrogens with two attached hydrogens (primary N) is 1. The van der Waals surface area contributed by atoms with Crippen LogP contribution in [-0.2, 0) is 9.59 Å². The number of nitrogens with zero attached hydrogens (tertiary/aromatic N) is 1. The summed E-state index contributed by atoms with van der Waals surface area (Å²) in [4.78, 5) is 49.4. The van der Waals surface area contributed by atoms with Crippen LogP contribution in [0.2, 0.25) is 0 Å². The summed E-state index contributed by atoms with van der Waals surface area (Å²) in [5.74, 6) is -1.33. The molecule has 0 bridgehead atoms. The van der Waals surface area contributed by atoms with Gasteiger partial charge in [0, 0.05) is 11.3 Å². The zero-order valence-corrected chi connectivity index (χ0v) is 14.6. The fourth-order valence-electron chi connectivity index (χ4n) is 3.70. The number of hydrogen-bond acceptors (Lipinski definition) is 4. The molecule has 1 heterocycles. The highest BCUT2D eigenvalue weighted by Crippen LogP contribution is 2.38. The molecule has 2 atom stereocenters. The summed E-state index contributed by atoms with van der Waals surface area (Å²) in [6, 6.07) is 5.53. The monoisotopic (exact) mass is 358 g/mol. The maximum Gasteiger partial charge on any atom is 0.325 e. The lowest BCUT2D eigenvalue weighted by Crippen LogP contribution is -2.54. The minimum Gasteiger partial charge on any atom is -0.366 e. The number of hydrogen-bond donors (Lipinski definition) is 3. The molecule has 1 aliphatic heterocycles. The Morgan fingerprint density at radius 1 is 1.27 bits per heavy atom. The van der Waals surface area contributed by atoms with Crippen molar-refractivity contribution in [2.24, 2.45) is 11.7 Å². The molecule has 0 radical (unpaired) electrons. The van der Waals surface area contributed by atoms with Gasteiger partial charge in [0.2, 0.25) is 11.8 Å². The van der Waals surface area contributed by atoms with E-state index in [4.69, 9.17) is 5.73 Å². The third-order valence-corrected chi connectivity index (χ3v) is 5.26. The molecule has 8 nitrogen and oxygen atoms in total. The summed E-state index contributed by atoms with van der Waals surface area (Å²) >= 11 is 0. The van der Waals surface area contributed by atoms with Crippen LogP contribution in [0, 0.1) is 5.92 Å². The Labute approximate surface area is 151 Å². The van der Waals surface area contributed by atoms with E-state index in [1.807, 2.05) is 6.92 Å². The molecule has 0 aromatic heterocycles. The van der Waals surface area contributed by atoms with Gasteiger partial charge in [0.1, 0.15) is 12.1 Å². The van der Waals surface area contributed by atoms with Gasteiger partial charge in [0.15, 0.2) is 0 Å². The highest BCUT2D eigenvalue weighted by molar-refractivity contribution is 6.10. The quantitative estimate of drug-likeness (QED) is 0.701. The summed E-state index contributed by atoms with van der Waals surface area (Å²) in [6.45, 7) is 1.61. The number of carbonyl (C=O) groups excluding carboxylic acids is 4. The fourth-order valence-corrected chi connectivity index (χ4v) is 3.70. The van der Waals surface area contributed by atoms with Gasteiger partial charge in [-0.3, -0.25) is 19.3 Å². The second kappa shape index (κ2) is 6.78. The number of rotatable bonds is 4.